The SMILES string of the molecule is COc1ccc(S(=O)(=O)N[C@H](Cc2ccccc2)C(=O)N2CCN(c3ccccc3OC)CC2)cc1OC. The number of para-hydroxylation sites is 2. The summed E-state index contributed by atoms with van der Waals surface area (Å²) < 4.78 is 45.4. The summed E-state index contributed by atoms with van der Waals surface area (Å²) in [6.45, 7) is 2.12. The molecular formula is C28H33N3O6S. The maximum atomic E-state index is 13.7. The first-order valence-electron chi connectivity index (χ1n) is 12.3. The minimum atomic E-state index is -4.04. The molecule has 0 aromatic heterocycles. The summed E-state index contributed by atoms with van der Waals surface area (Å²) in [5.41, 5.74) is 1.82. The van der Waals surface area contributed by atoms with E-state index in [-0.39, 0.29) is 23.0 Å². The Labute approximate surface area is 224 Å². The number of carbonyl (C=O) groups excluding carboxylic acids is 1. The van der Waals surface area contributed by atoms with Gasteiger partial charge in [-0.05, 0) is 36.2 Å². The van der Waals surface area contributed by atoms with E-state index >= 15 is 0 Å². The Morgan fingerprint density at radius 3 is 2.11 bits per heavy atom. The van der Waals surface area contributed by atoms with Crippen molar-refractivity contribution in [3.8, 4) is 17.2 Å². The number of piperazine rings is 1. The number of hydrogen-bond acceptors (Lipinski definition) is 7. The lowest BCUT2D eigenvalue weighted by Crippen LogP contribution is -2.55. The number of amides is 1. The molecule has 4 rings (SSSR count). The topological polar surface area (TPSA) is 97.4 Å². The number of nitrogens with zero attached hydrogens (tertiary/aromatic N) is 2. The molecular weight excluding hydrogens is 506 g/mol. The monoisotopic (exact) mass is 539 g/mol. The largest absolute Gasteiger partial charge is 0.495 e. The number of benzene rings is 3. The van der Waals surface area contributed by atoms with Crippen LogP contribution in [0.1, 0.15) is 5.56 Å². The Morgan fingerprint density at radius 1 is 0.816 bits per heavy atom. The molecule has 1 aliphatic heterocycles. The van der Waals surface area contributed by atoms with Crippen LogP contribution in [0.25, 0.3) is 0 Å². The Bertz CT molecular complexity index is 1340. The summed E-state index contributed by atoms with van der Waals surface area (Å²) in [6, 6.07) is 20.5. The minimum absolute atomic E-state index is 0.0120. The highest BCUT2D eigenvalue weighted by Gasteiger charge is 2.32. The van der Waals surface area contributed by atoms with Crippen LogP contribution in [0.4, 0.5) is 5.69 Å². The van der Waals surface area contributed by atoms with Gasteiger partial charge in [0.1, 0.15) is 11.8 Å². The zero-order valence-electron chi connectivity index (χ0n) is 21.8. The summed E-state index contributed by atoms with van der Waals surface area (Å²) in [6.07, 6.45) is 0.221. The molecule has 3 aromatic rings. The molecule has 1 atom stereocenters. The standard InChI is InChI=1S/C28H33N3O6S/c1-35-25-12-8-7-11-24(25)30-15-17-31(18-16-30)28(32)23(19-21-9-5-4-6-10-21)29-38(33,34)22-13-14-26(36-2)27(20-22)37-3/h4-14,20,23,29H,15-19H2,1-3H3/t23-/m1/s1. The van der Waals surface area contributed by atoms with Crippen molar-refractivity contribution in [3.63, 3.8) is 0 Å². The molecule has 1 aliphatic rings. The Balaban J connectivity index is 1.54. The number of rotatable bonds is 10. The molecule has 3 aromatic carbocycles. The second-order valence-corrected chi connectivity index (χ2v) is 10.6. The van der Waals surface area contributed by atoms with Crippen LogP contribution in [0.5, 0.6) is 17.2 Å². The van der Waals surface area contributed by atoms with E-state index in [1.807, 2.05) is 54.6 Å². The van der Waals surface area contributed by atoms with Gasteiger partial charge in [0.25, 0.3) is 0 Å². The van der Waals surface area contributed by atoms with Gasteiger partial charge in [-0.15, -0.1) is 0 Å². The third kappa shape index (κ3) is 6.20. The van der Waals surface area contributed by atoms with Gasteiger partial charge in [-0.2, -0.15) is 4.72 Å². The molecule has 1 amide bonds. The molecule has 1 N–H and O–H groups in total. The lowest BCUT2D eigenvalue weighted by Gasteiger charge is -2.38. The van der Waals surface area contributed by atoms with Crippen LogP contribution in [-0.2, 0) is 21.2 Å². The van der Waals surface area contributed by atoms with E-state index in [9.17, 15) is 13.2 Å². The normalized spacial score (nSPS) is 14.6. The van der Waals surface area contributed by atoms with Gasteiger partial charge in [-0.3, -0.25) is 4.79 Å². The second-order valence-electron chi connectivity index (χ2n) is 8.86. The maximum absolute atomic E-state index is 13.7. The smallest absolute Gasteiger partial charge is 0.241 e. The second kappa shape index (κ2) is 12.2. The summed E-state index contributed by atoms with van der Waals surface area (Å²) in [5, 5.41) is 0. The van der Waals surface area contributed by atoms with Crippen LogP contribution >= 0.6 is 0 Å². The van der Waals surface area contributed by atoms with Crippen LogP contribution in [0.3, 0.4) is 0 Å². The quantitative estimate of drug-likeness (QED) is 0.423. The molecule has 202 valence electrons. The van der Waals surface area contributed by atoms with E-state index < -0.39 is 16.1 Å². The number of anilines is 1. The number of hydrogen-bond donors (Lipinski definition) is 1. The van der Waals surface area contributed by atoms with Crippen molar-refractivity contribution in [3.05, 3.63) is 78.4 Å². The Kier molecular flexibility index (Phi) is 8.75. The van der Waals surface area contributed by atoms with Crippen molar-refractivity contribution in [2.24, 2.45) is 0 Å². The van der Waals surface area contributed by atoms with Crippen molar-refractivity contribution in [2.45, 2.75) is 17.4 Å². The van der Waals surface area contributed by atoms with Crippen LogP contribution in [0.2, 0.25) is 0 Å². The van der Waals surface area contributed by atoms with Gasteiger partial charge < -0.3 is 24.0 Å². The van der Waals surface area contributed by atoms with E-state index in [1.54, 1.807) is 12.0 Å². The fraction of sp³-hybridized carbons (Fsp3) is 0.321. The molecule has 0 saturated carbocycles. The zero-order chi connectivity index (χ0) is 27.1. The van der Waals surface area contributed by atoms with Crippen molar-refractivity contribution < 1.29 is 27.4 Å². The van der Waals surface area contributed by atoms with E-state index in [0.717, 1.165) is 17.0 Å². The molecule has 9 nitrogen and oxygen atoms in total. The number of methoxy groups -OCH3 is 3. The highest BCUT2D eigenvalue weighted by atomic mass is 32.2. The van der Waals surface area contributed by atoms with Crippen LogP contribution in [-0.4, -0.2) is 72.8 Å². The average molecular weight is 540 g/mol. The van der Waals surface area contributed by atoms with Gasteiger partial charge >= 0.3 is 0 Å². The third-order valence-corrected chi connectivity index (χ3v) is 8.03. The van der Waals surface area contributed by atoms with E-state index in [2.05, 4.69) is 9.62 Å². The zero-order valence-corrected chi connectivity index (χ0v) is 22.6. The summed E-state index contributed by atoms with van der Waals surface area (Å²) in [4.78, 5) is 17.6. The first kappa shape index (κ1) is 27.3. The van der Waals surface area contributed by atoms with Crippen molar-refractivity contribution in [1.29, 1.82) is 0 Å². The highest BCUT2D eigenvalue weighted by molar-refractivity contribution is 7.89. The number of ether oxygens (including phenoxy) is 3. The first-order chi connectivity index (χ1) is 18.4. The van der Waals surface area contributed by atoms with Gasteiger partial charge in [0.15, 0.2) is 11.5 Å². The van der Waals surface area contributed by atoms with Crippen molar-refractivity contribution >= 4 is 21.6 Å². The number of carbonyl (C=O) groups is 1. The van der Waals surface area contributed by atoms with Crippen molar-refractivity contribution in [2.75, 3.05) is 52.4 Å². The molecule has 1 heterocycles. The molecule has 0 bridgehead atoms. The average Bonchev–Trinajstić information content (AvgIpc) is 2.96. The lowest BCUT2D eigenvalue weighted by molar-refractivity contribution is -0.133. The molecule has 0 unspecified atom stereocenters. The Hall–Kier alpha value is -3.76. The maximum Gasteiger partial charge on any atom is 0.241 e. The van der Waals surface area contributed by atoms with E-state index in [1.165, 1.54) is 32.4 Å². The predicted octanol–water partition coefficient (Wildman–Crippen LogP) is 2.95. The molecule has 10 heteroatoms. The number of nitrogens with one attached hydrogen (secondary N) is 1. The van der Waals surface area contributed by atoms with Crippen LogP contribution < -0.4 is 23.8 Å². The minimum Gasteiger partial charge on any atom is -0.495 e. The first-order valence-corrected chi connectivity index (χ1v) is 13.8. The fourth-order valence-electron chi connectivity index (χ4n) is 4.55. The summed E-state index contributed by atoms with van der Waals surface area (Å²) >= 11 is 0. The summed E-state index contributed by atoms with van der Waals surface area (Å²) in [5.74, 6) is 1.21. The molecule has 0 aliphatic carbocycles. The summed E-state index contributed by atoms with van der Waals surface area (Å²) in [7, 11) is 0.510. The highest BCUT2D eigenvalue weighted by Crippen LogP contribution is 2.30. The molecule has 1 saturated heterocycles. The van der Waals surface area contributed by atoms with Crippen LogP contribution in [0, 0.1) is 0 Å². The lowest BCUT2D eigenvalue weighted by atomic mass is 10.1. The molecule has 1 fully saturated rings. The van der Waals surface area contributed by atoms with Gasteiger partial charge in [-0.25, -0.2) is 8.42 Å². The Morgan fingerprint density at radius 2 is 1.45 bits per heavy atom. The van der Waals surface area contributed by atoms with Crippen molar-refractivity contribution in [1.82, 2.24) is 9.62 Å². The predicted molar refractivity (Wildman–Crippen MR) is 146 cm³/mol. The molecule has 0 radical (unpaired) electrons. The van der Waals surface area contributed by atoms with Gasteiger partial charge in [0.05, 0.1) is 31.9 Å². The van der Waals surface area contributed by atoms with Gasteiger partial charge in [0, 0.05) is 32.2 Å². The van der Waals surface area contributed by atoms with E-state index in [0.29, 0.717) is 31.9 Å². The van der Waals surface area contributed by atoms with E-state index in [4.69, 9.17) is 14.2 Å². The fourth-order valence-corrected chi connectivity index (χ4v) is 5.75. The molecule has 38 heavy (non-hydrogen) atoms. The van der Waals surface area contributed by atoms with Gasteiger partial charge in [-0.1, -0.05) is 42.5 Å². The van der Waals surface area contributed by atoms with Crippen LogP contribution in [0.15, 0.2) is 77.7 Å². The third-order valence-electron chi connectivity index (χ3n) is 6.56. The molecule has 0 spiro atoms. The number of sulfonamides is 1. The van der Waals surface area contributed by atoms with Gasteiger partial charge in [0.2, 0.25) is 15.9 Å².